The number of carbonyl (C=O) groups is 2. The highest BCUT2D eigenvalue weighted by molar-refractivity contribution is 5.74. The third-order valence-corrected chi connectivity index (χ3v) is 3.52. The molecule has 2 N–H and O–H groups in total. The van der Waals surface area contributed by atoms with E-state index in [-0.39, 0.29) is 12.2 Å². The summed E-state index contributed by atoms with van der Waals surface area (Å²) < 4.78 is 11.1. The zero-order chi connectivity index (χ0) is 18.5. The molecule has 1 aliphatic rings. The second kappa shape index (κ2) is 8.01. The number of rotatable bonds is 5. The molecule has 0 saturated heterocycles. The monoisotopic (exact) mass is 341 g/mol. The van der Waals surface area contributed by atoms with Gasteiger partial charge in [-0.1, -0.05) is 11.6 Å². The Kier molecular flexibility index (Phi) is 6.84. The molecule has 1 amide bonds. The van der Waals surface area contributed by atoms with E-state index < -0.39 is 29.6 Å². The molecule has 0 aromatic carbocycles. The molecule has 0 bridgehead atoms. The molecule has 6 heteroatoms. The van der Waals surface area contributed by atoms with Crippen molar-refractivity contribution in [1.82, 2.24) is 5.32 Å². The van der Waals surface area contributed by atoms with E-state index in [9.17, 15) is 14.7 Å². The van der Waals surface area contributed by atoms with E-state index in [0.29, 0.717) is 6.42 Å². The Hall–Kier alpha value is -1.56. The molecule has 6 nitrogen and oxygen atoms in total. The van der Waals surface area contributed by atoms with Gasteiger partial charge >= 0.3 is 12.1 Å². The number of carboxylic acids is 1. The van der Waals surface area contributed by atoms with E-state index in [1.165, 1.54) is 0 Å². The molecule has 2 atom stereocenters. The van der Waals surface area contributed by atoms with Gasteiger partial charge in [0.15, 0.2) is 0 Å². The van der Waals surface area contributed by atoms with E-state index in [1.54, 1.807) is 20.8 Å². The minimum absolute atomic E-state index is 0.262. The van der Waals surface area contributed by atoms with Gasteiger partial charge in [-0.25, -0.2) is 4.79 Å². The number of carboxylic acid groups (broad SMARTS) is 1. The quantitative estimate of drug-likeness (QED) is 0.748. The molecular weight excluding hydrogens is 310 g/mol. The molecule has 1 fully saturated rings. The lowest BCUT2D eigenvalue weighted by molar-refractivity contribution is -0.140. The Morgan fingerprint density at radius 1 is 1.25 bits per heavy atom. The minimum Gasteiger partial charge on any atom is -0.481 e. The number of aliphatic carboxylic acids is 1. The largest absolute Gasteiger partial charge is 0.481 e. The summed E-state index contributed by atoms with van der Waals surface area (Å²) in [5.74, 6) is -1.28. The Balaban J connectivity index is 2.84. The van der Waals surface area contributed by atoms with Crippen LogP contribution in [0.2, 0.25) is 0 Å². The van der Waals surface area contributed by atoms with Crippen molar-refractivity contribution in [3.63, 3.8) is 0 Å². The van der Waals surface area contributed by atoms with Crippen LogP contribution in [0.1, 0.15) is 60.8 Å². The van der Waals surface area contributed by atoms with Crippen molar-refractivity contribution in [3.8, 4) is 0 Å². The molecule has 1 aliphatic carbocycles. The Morgan fingerprint density at radius 3 is 2.38 bits per heavy atom. The topological polar surface area (TPSA) is 84.9 Å². The summed E-state index contributed by atoms with van der Waals surface area (Å²) in [6.45, 7) is 11.4. The van der Waals surface area contributed by atoms with Crippen LogP contribution in [-0.2, 0) is 14.3 Å². The normalized spacial score (nSPS) is 21.6. The summed E-state index contributed by atoms with van der Waals surface area (Å²) >= 11 is 0. The molecule has 24 heavy (non-hydrogen) atoms. The van der Waals surface area contributed by atoms with Crippen LogP contribution in [0, 0.1) is 5.92 Å². The first-order chi connectivity index (χ1) is 10.9. The lowest BCUT2D eigenvalue weighted by Gasteiger charge is -2.26. The second-order valence-corrected chi connectivity index (χ2v) is 8.20. The number of nitrogens with one attached hydrogen (secondary N) is 1. The van der Waals surface area contributed by atoms with Crippen LogP contribution in [0.15, 0.2) is 11.6 Å². The highest BCUT2D eigenvalue weighted by Gasteiger charge is 2.29. The van der Waals surface area contributed by atoms with Crippen LogP contribution in [0.25, 0.3) is 0 Å². The van der Waals surface area contributed by atoms with Gasteiger partial charge in [0.1, 0.15) is 5.60 Å². The average Bonchev–Trinajstić information content (AvgIpc) is 2.81. The molecule has 0 heterocycles. The second-order valence-electron chi connectivity index (χ2n) is 8.20. The SMILES string of the molecule is CC(C)(C)OC[C@@H](/C=C1\CCC[C@@H]1C(=O)O)NC(=O)OC(C)(C)C. The van der Waals surface area contributed by atoms with Crippen molar-refractivity contribution in [1.29, 1.82) is 0 Å². The number of carbonyl (C=O) groups excluding carboxylic acids is 1. The number of alkyl carbamates (subject to hydrolysis) is 1. The summed E-state index contributed by atoms with van der Waals surface area (Å²) in [5.41, 5.74) is -0.0984. The van der Waals surface area contributed by atoms with Crippen molar-refractivity contribution >= 4 is 12.1 Å². The van der Waals surface area contributed by atoms with Crippen LogP contribution in [-0.4, -0.2) is 41.0 Å². The molecule has 0 spiro atoms. The molecule has 0 aliphatic heterocycles. The lowest BCUT2D eigenvalue weighted by Crippen LogP contribution is -2.42. The molecule has 0 unspecified atom stereocenters. The predicted octanol–water partition coefficient (Wildman–Crippen LogP) is 3.51. The van der Waals surface area contributed by atoms with Gasteiger partial charge in [-0.15, -0.1) is 0 Å². The summed E-state index contributed by atoms with van der Waals surface area (Å²) in [5, 5.41) is 12.1. The number of amides is 1. The van der Waals surface area contributed by atoms with Gasteiger partial charge in [-0.2, -0.15) is 0 Å². The zero-order valence-corrected chi connectivity index (χ0v) is 15.6. The van der Waals surface area contributed by atoms with Crippen molar-refractivity contribution < 1.29 is 24.2 Å². The van der Waals surface area contributed by atoms with E-state index in [4.69, 9.17) is 9.47 Å². The highest BCUT2D eigenvalue weighted by Crippen LogP contribution is 2.31. The van der Waals surface area contributed by atoms with E-state index >= 15 is 0 Å². The molecule has 0 radical (unpaired) electrons. The summed E-state index contributed by atoms with van der Waals surface area (Å²) in [4.78, 5) is 23.4. The van der Waals surface area contributed by atoms with Crippen molar-refractivity contribution in [2.75, 3.05) is 6.61 Å². The highest BCUT2D eigenvalue weighted by atomic mass is 16.6. The number of hydrogen-bond donors (Lipinski definition) is 2. The first-order valence-corrected chi connectivity index (χ1v) is 8.44. The van der Waals surface area contributed by atoms with Gasteiger partial charge in [-0.05, 0) is 60.8 Å². The first kappa shape index (κ1) is 20.5. The Labute approximate surface area is 144 Å². The van der Waals surface area contributed by atoms with Crippen LogP contribution in [0.3, 0.4) is 0 Å². The van der Waals surface area contributed by atoms with Gasteiger partial charge in [-0.3, -0.25) is 4.79 Å². The predicted molar refractivity (Wildman–Crippen MR) is 91.9 cm³/mol. The van der Waals surface area contributed by atoms with Gasteiger partial charge in [0.05, 0.1) is 24.2 Å². The lowest BCUT2D eigenvalue weighted by atomic mass is 10.0. The summed E-state index contributed by atoms with van der Waals surface area (Å²) in [6.07, 6.45) is 3.51. The van der Waals surface area contributed by atoms with Crippen LogP contribution in [0.5, 0.6) is 0 Å². The third kappa shape index (κ3) is 7.81. The minimum atomic E-state index is -0.813. The van der Waals surface area contributed by atoms with Gasteiger partial charge in [0, 0.05) is 0 Å². The van der Waals surface area contributed by atoms with Crippen LogP contribution >= 0.6 is 0 Å². The summed E-state index contributed by atoms with van der Waals surface area (Å²) in [6, 6.07) is -0.422. The molecule has 138 valence electrons. The van der Waals surface area contributed by atoms with E-state index in [2.05, 4.69) is 5.32 Å². The zero-order valence-electron chi connectivity index (χ0n) is 15.6. The molecular formula is C18H31NO5. The van der Waals surface area contributed by atoms with Gasteiger partial charge in [0.25, 0.3) is 0 Å². The average molecular weight is 341 g/mol. The third-order valence-electron chi connectivity index (χ3n) is 3.52. The fourth-order valence-corrected chi connectivity index (χ4v) is 2.54. The van der Waals surface area contributed by atoms with Gasteiger partial charge < -0.3 is 19.9 Å². The van der Waals surface area contributed by atoms with Crippen molar-refractivity contribution in [2.24, 2.45) is 5.92 Å². The fraction of sp³-hybridized carbons (Fsp3) is 0.778. The maximum atomic E-state index is 12.0. The molecule has 1 saturated carbocycles. The Bertz CT molecular complexity index is 485. The number of hydrogen-bond acceptors (Lipinski definition) is 4. The smallest absolute Gasteiger partial charge is 0.408 e. The number of ether oxygens (including phenoxy) is 2. The fourth-order valence-electron chi connectivity index (χ4n) is 2.54. The van der Waals surface area contributed by atoms with Crippen LogP contribution < -0.4 is 5.32 Å². The van der Waals surface area contributed by atoms with E-state index in [0.717, 1.165) is 18.4 Å². The maximum Gasteiger partial charge on any atom is 0.408 e. The van der Waals surface area contributed by atoms with Crippen LogP contribution in [0.4, 0.5) is 4.79 Å². The molecule has 0 aromatic heterocycles. The van der Waals surface area contributed by atoms with E-state index in [1.807, 2.05) is 26.8 Å². The first-order valence-electron chi connectivity index (χ1n) is 8.44. The molecule has 1 rings (SSSR count). The van der Waals surface area contributed by atoms with Crippen molar-refractivity contribution in [2.45, 2.75) is 78.0 Å². The Morgan fingerprint density at radius 2 is 1.88 bits per heavy atom. The summed E-state index contributed by atoms with van der Waals surface area (Å²) in [7, 11) is 0. The van der Waals surface area contributed by atoms with Crippen molar-refractivity contribution in [3.05, 3.63) is 11.6 Å². The standard InChI is InChI=1S/C18H31NO5/c1-17(2,3)23-11-13(19-16(22)24-18(4,5)6)10-12-8-7-9-14(12)15(20)21/h10,13-14H,7-9,11H2,1-6H3,(H,19,22)(H,20,21)/b12-10+/t13-,14+/m1/s1. The van der Waals surface area contributed by atoms with Gasteiger partial charge in [0.2, 0.25) is 0 Å². The molecule has 0 aromatic rings. The maximum absolute atomic E-state index is 12.0.